The number of halogens is 4. The molecule has 2 unspecified atom stereocenters. The molecule has 2 fully saturated rings. The highest BCUT2D eigenvalue weighted by atomic mass is 19.3. The first kappa shape index (κ1) is 26.9. The predicted molar refractivity (Wildman–Crippen MR) is 124 cm³/mol. The first-order valence-electron chi connectivity index (χ1n) is 12.0. The molecular weight excluding hydrogens is 464 g/mol. The minimum atomic E-state index is -2.91. The molecule has 0 aromatic heterocycles. The SMILES string of the molecule is CC.O=C(C1CNCCC1OCc1ccc(F)c(F)c1)N(Cc1cccc(OC(F)F)c1)C1CC1. The van der Waals surface area contributed by atoms with E-state index in [0.29, 0.717) is 30.6 Å². The van der Waals surface area contributed by atoms with Crippen molar-refractivity contribution in [2.75, 3.05) is 13.1 Å². The van der Waals surface area contributed by atoms with Gasteiger partial charge >= 0.3 is 6.61 Å². The number of piperidine rings is 1. The largest absolute Gasteiger partial charge is 0.435 e. The fraction of sp³-hybridized carbons (Fsp3) is 0.500. The van der Waals surface area contributed by atoms with E-state index >= 15 is 0 Å². The number of amides is 1. The number of alkyl halides is 2. The molecule has 192 valence electrons. The Labute approximate surface area is 203 Å². The van der Waals surface area contributed by atoms with Gasteiger partial charge in [-0.3, -0.25) is 4.79 Å². The Morgan fingerprint density at radius 1 is 1.06 bits per heavy atom. The van der Waals surface area contributed by atoms with Gasteiger partial charge in [0.25, 0.3) is 0 Å². The second kappa shape index (κ2) is 12.9. The van der Waals surface area contributed by atoms with Crippen LogP contribution in [0.3, 0.4) is 0 Å². The van der Waals surface area contributed by atoms with Crippen LogP contribution in [-0.2, 0) is 22.7 Å². The number of hydrogen-bond acceptors (Lipinski definition) is 4. The number of carbonyl (C=O) groups is 1. The summed E-state index contributed by atoms with van der Waals surface area (Å²) in [6.45, 7) is 2.57. The molecule has 5 nitrogen and oxygen atoms in total. The molecule has 1 aliphatic carbocycles. The Bertz CT molecular complexity index is 971. The van der Waals surface area contributed by atoms with Gasteiger partial charge in [-0.05, 0) is 61.2 Å². The monoisotopic (exact) mass is 496 g/mol. The van der Waals surface area contributed by atoms with Gasteiger partial charge in [0.15, 0.2) is 11.6 Å². The number of hydrogen-bond donors (Lipinski definition) is 1. The summed E-state index contributed by atoms with van der Waals surface area (Å²) in [7, 11) is 0. The highest BCUT2D eigenvalue weighted by molar-refractivity contribution is 5.80. The zero-order valence-electron chi connectivity index (χ0n) is 20.0. The Balaban J connectivity index is 0.00000167. The Hall–Kier alpha value is -2.65. The quantitative estimate of drug-likeness (QED) is 0.480. The molecule has 2 aliphatic rings. The normalized spacial score (nSPS) is 19.6. The summed E-state index contributed by atoms with van der Waals surface area (Å²) in [6, 6.07) is 10.1. The summed E-state index contributed by atoms with van der Waals surface area (Å²) in [6.07, 6.45) is 2.01. The summed E-state index contributed by atoms with van der Waals surface area (Å²) in [5.41, 5.74) is 1.20. The van der Waals surface area contributed by atoms with Crippen LogP contribution in [0.2, 0.25) is 0 Å². The third-order valence-corrected chi connectivity index (χ3v) is 5.93. The van der Waals surface area contributed by atoms with Crippen LogP contribution in [0.1, 0.15) is 44.2 Å². The Morgan fingerprint density at radius 3 is 2.51 bits per heavy atom. The van der Waals surface area contributed by atoms with E-state index in [0.717, 1.165) is 25.0 Å². The molecule has 1 N–H and O–H groups in total. The average molecular weight is 497 g/mol. The number of nitrogens with one attached hydrogen (secondary N) is 1. The second-order valence-electron chi connectivity index (χ2n) is 8.42. The van der Waals surface area contributed by atoms with Gasteiger partial charge in [-0.25, -0.2) is 8.78 Å². The highest BCUT2D eigenvalue weighted by Crippen LogP contribution is 2.32. The van der Waals surface area contributed by atoms with Crippen molar-refractivity contribution in [2.24, 2.45) is 5.92 Å². The summed E-state index contributed by atoms with van der Waals surface area (Å²) in [5, 5.41) is 3.23. The van der Waals surface area contributed by atoms with Gasteiger partial charge in [-0.2, -0.15) is 8.78 Å². The smallest absolute Gasteiger partial charge is 0.387 e. The van der Waals surface area contributed by atoms with Crippen LogP contribution >= 0.6 is 0 Å². The third kappa shape index (κ3) is 7.67. The fourth-order valence-corrected chi connectivity index (χ4v) is 4.12. The minimum absolute atomic E-state index is 0.0535. The maximum absolute atomic E-state index is 13.5. The molecule has 1 aliphatic heterocycles. The lowest BCUT2D eigenvalue weighted by molar-refractivity contribution is -0.144. The van der Waals surface area contributed by atoms with E-state index < -0.39 is 24.2 Å². The van der Waals surface area contributed by atoms with Crippen LogP contribution in [-0.4, -0.2) is 42.7 Å². The lowest BCUT2D eigenvalue weighted by Gasteiger charge is -2.35. The molecule has 9 heteroatoms. The molecular formula is C26H32F4N2O3. The molecule has 1 heterocycles. The van der Waals surface area contributed by atoms with Crippen molar-refractivity contribution >= 4 is 5.91 Å². The van der Waals surface area contributed by atoms with Crippen LogP contribution in [0, 0.1) is 17.6 Å². The Morgan fingerprint density at radius 2 is 1.83 bits per heavy atom. The van der Waals surface area contributed by atoms with E-state index in [-0.39, 0.29) is 37.0 Å². The zero-order chi connectivity index (χ0) is 25.4. The van der Waals surface area contributed by atoms with Crippen LogP contribution in [0.25, 0.3) is 0 Å². The van der Waals surface area contributed by atoms with E-state index in [1.165, 1.54) is 18.2 Å². The van der Waals surface area contributed by atoms with Crippen LogP contribution in [0.5, 0.6) is 5.75 Å². The van der Waals surface area contributed by atoms with E-state index in [1.807, 2.05) is 13.8 Å². The maximum atomic E-state index is 13.5. The standard InChI is InChI=1S/C24H26F4N2O3.C2H6/c25-20-7-4-16(11-21(20)26)14-32-22-8-9-29-12-19(22)23(31)30(17-5-6-17)13-15-2-1-3-18(10-15)33-24(27)28;1-2/h1-4,7,10-11,17,19,22,24,29H,5-6,8-9,12-14H2;1-2H3. The molecule has 2 atom stereocenters. The van der Waals surface area contributed by atoms with Crippen LogP contribution in [0.4, 0.5) is 17.6 Å². The van der Waals surface area contributed by atoms with Crippen molar-refractivity contribution < 1.29 is 31.8 Å². The number of ether oxygens (including phenoxy) is 2. The van der Waals surface area contributed by atoms with Crippen molar-refractivity contribution in [1.82, 2.24) is 10.2 Å². The van der Waals surface area contributed by atoms with E-state index in [1.54, 1.807) is 17.0 Å². The Kier molecular flexibility index (Phi) is 9.92. The van der Waals surface area contributed by atoms with E-state index in [2.05, 4.69) is 10.1 Å². The molecule has 0 radical (unpaired) electrons. The van der Waals surface area contributed by atoms with Crippen molar-refractivity contribution in [3.8, 4) is 5.75 Å². The molecule has 2 aromatic carbocycles. The topological polar surface area (TPSA) is 50.8 Å². The summed E-state index contributed by atoms with van der Waals surface area (Å²) < 4.78 is 62.3. The van der Waals surface area contributed by atoms with Gasteiger partial charge in [0.05, 0.1) is 18.6 Å². The second-order valence-corrected chi connectivity index (χ2v) is 8.42. The molecule has 1 saturated carbocycles. The molecule has 0 spiro atoms. The zero-order valence-corrected chi connectivity index (χ0v) is 20.0. The van der Waals surface area contributed by atoms with Crippen molar-refractivity contribution in [2.45, 2.75) is 65.0 Å². The van der Waals surface area contributed by atoms with Crippen molar-refractivity contribution in [3.05, 3.63) is 65.2 Å². The maximum Gasteiger partial charge on any atom is 0.387 e. The summed E-state index contributed by atoms with van der Waals surface area (Å²) in [4.78, 5) is 15.3. The van der Waals surface area contributed by atoms with Gasteiger partial charge < -0.3 is 19.7 Å². The summed E-state index contributed by atoms with van der Waals surface area (Å²) >= 11 is 0. The van der Waals surface area contributed by atoms with Gasteiger partial charge in [0.1, 0.15) is 5.75 Å². The van der Waals surface area contributed by atoms with E-state index in [4.69, 9.17) is 4.74 Å². The summed E-state index contributed by atoms with van der Waals surface area (Å²) in [5.74, 6) is -2.31. The first-order chi connectivity index (χ1) is 16.9. The van der Waals surface area contributed by atoms with Crippen LogP contribution in [0.15, 0.2) is 42.5 Å². The average Bonchev–Trinajstić information content (AvgIpc) is 3.69. The number of benzene rings is 2. The molecule has 2 aromatic rings. The van der Waals surface area contributed by atoms with Gasteiger partial charge in [-0.1, -0.05) is 32.0 Å². The first-order valence-corrected chi connectivity index (χ1v) is 12.0. The van der Waals surface area contributed by atoms with Crippen LogP contribution < -0.4 is 10.1 Å². The highest BCUT2D eigenvalue weighted by Gasteiger charge is 2.40. The number of rotatable bonds is 9. The van der Waals surface area contributed by atoms with Crippen molar-refractivity contribution in [1.29, 1.82) is 0 Å². The fourth-order valence-electron chi connectivity index (χ4n) is 4.12. The molecule has 35 heavy (non-hydrogen) atoms. The van der Waals surface area contributed by atoms with Gasteiger partial charge in [0, 0.05) is 19.1 Å². The molecule has 1 saturated heterocycles. The minimum Gasteiger partial charge on any atom is -0.435 e. The lowest BCUT2D eigenvalue weighted by Crippen LogP contribution is -2.50. The van der Waals surface area contributed by atoms with Gasteiger partial charge in [0.2, 0.25) is 5.91 Å². The predicted octanol–water partition coefficient (Wildman–Crippen LogP) is 5.28. The molecule has 1 amide bonds. The van der Waals surface area contributed by atoms with Gasteiger partial charge in [-0.15, -0.1) is 0 Å². The van der Waals surface area contributed by atoms with E-state index in [9.17, 15) is 22.4 Å². The third-order valence-electron chi connectivity index (χ3n) is 5.93. The number of nitrogens with zero attached hydrogens (tertiary/aromatic N) is 1. The molecule has 4 rings (SSSR count). The number of carbonyl (C=O) groups excluding carboxylic acids is 1. The molecule has 0 bridgehead atoms. The van der Waals surface area contributed by atoms with Crippen molar-refractivity contribution in [3.63, 3.8) is 0 Å². The lowest BCUT2D eigenvalue weighted by atomic mass is 9.94.